The van der Waals surface area contributed by atoms with Crippen LogP contribution in [0, 0.1) is 162 Å². The minimum Gasteiger partial charge on any atom is -0.531 e. The number of nitrogens with two attached hydrogens (primary N) is 1. The summed E-state index contributed by atoms with van der Waals surface area (Å²) in [7, 11) is -3.26. The number of hydrogen-bond donors (Lipinski definition) is 16. The summed E-state index contributed by atoms with van der Waals surface area (Å²) < 4.78 is 48.5. The maximum atomic E-state index is 11.6. The Morgan fingerprint density at radius 2 is 0.917 bits per heavy atom. The van der Waals surface area contributed by atoms with Crippen LogP contribution in [0.15, 0.2) is 119 Å². The number of rotatable bonds is 15. The van der Waals surface area contributed by atoms with Gasteiger partial charge in [0.2, 0.25) is 47.0 Å². The Kier molecular flexibility index (Phi) is 47.0. The van der Waals surface area contributed by atoms with E-state index in [1.165, 1.54) is 97.1 Å². The molecule has 13 heterocycles. The Morgan fingerprint density at radius 1 is 0.492 bits per heavy atom. The first kappa shape index (κ1) is 110. The summed E-state index contributed by atoms with van der Waals surface area (Å²) in [5.41, 5.74) is 2.16. The van der Waals surface area contributed by atoms with E-state index in [4.69, 9.17) is 53.2 Å². The number of aromatic nitrogens is 10. The third-order valence-corrected chi connectivity index (χ3v) is 21.5. The molecule has 0 aromatic carbocycles. The molecule has 0 aliphatic carbocycles. The Balaban J connectivity index is 0.000000356. The number of nitrogens with zero attached hydrogens (tertiary/aromatic N) is 8. The fourth-order valence-corrected chi connectivity index (χ4v) is 14.8. The number of ether oxygens (including phenoxy) is 6. The number of nitrogen functional groups attached to an aromatic ring is 1. The van der Waals surface area contributed by atoms with Crippen LogP contribution in [0.4, 0.5) is 5.82 Å². The molecule has 16 unspecified atom stereocenters. The number of anilines is 1. The summed E-state index contributed by atoms with van der Waals surface area (Å²) in [4.78, 5) is 122. The molecule has 17 N–H and O–H groups in total. The zero-order valence-electron chi connectivity index (χ0n) is 70.4. The van der Waals surface area contributed by atoms with E-state index in [0.717, 1.165) is 38.5 Å². The molecule has 0 saturated carbocycles. The Morgan fingerprint density at radius 3 is 1.29 bits per heavy atom. The second-order valence-electron chi connectivity index (χ2n) is 30.9. The van der Waals surface area contributed by atoms with Crippen LogP contribution in [-0.2, 0) is 38.0 Å². The van der Waals surface area contributed by atoms with Crippen LogP contribution >= 0.6 is 0 Å². The normalized spacial score (nSPS) is 30.6. The van der Waals surface area contributed by atoms with Gasteiger partial charge in [0.1, 0.15) is 48.8 Å². The quantitative estimate of drug-likeness (QED) is 0.0610. The molecule has 46 heteroatoms. The molecule has 3 radical (unpaired) electrons. The van der Waals surface area contributed by atoms with Gasteiger partial charge >= 0.3 is 28.8 Å². The Hall–Kier alpha value is -4.42. The maximum Gasteiger partial charge on any atom is 0.351 e. The van der Waals surface area contributed by atoms with Gasteiger partial charge in [-0.2, -0.15) is 9.97 Å². The number of nitrogens with one attached hydrogen (secondary N) is 6. The zero-order valence-corrected chi connectivity index (χ0v) is 86.7. The molecule has 0 spiro atoms. The molecule has 8 aliphatic heterocycles. The van der Waals surface area contributed by atoms with Gasteiger partial charge in [-0.05, 0) is 89.8 Å². The monoisotopic (exact) mass is 2370 g/mol. The predicted octanol–water partition coefficient (Wildman–Crippen LogP) is -0.0654. The van der Waals surface area contributed by atoms with Gasteiger partial charge in [0.05, 0.1) is 43.2 Å². The number of aliphatic hydroxyl groups excluding tert-OH is 9. The molecule has 663 valence electrons. The van der Waals surface area contributed by atoms with Gasteiger partial charge in [-0.3, -0.25) is 52.6 Å². The van der Waals surface area contributed by atoms with Crippen LogP contribution < -0.4 is 64.7 Å². The van der Waals surface area contributed by atoms with Crippen molar-refractivity contribution in [2.24, 2.45) is 29.6 Å². The first-order valence-corrected chi connectivity index (χ1v) is 45.8. The first-order chi connectivity index (χ1) is 55.0. The second kappa shape index (κ2) is 51.4. The standard InChI is InChI=1S/2C11H18N2O4.C11H16N2O4.C11H16N2O3.C10H20N2O2Si2.C9H13N3O4.C7H14O3.C4H4N2O2.3Ac/c3*1-3-7-6(2)9(15)10(17-7)13-5-4-8(14)12-11(13)16;1-3-8-7(2)6-10(16-8)13-5-4-9(14)12-11(13)15;1-15(2,3)13-9-7-8-11-10(12-9)14-16(4,5)6;10-7-1-2-12(9(15)11-7)8-3-5(14)6(4-13)16-8;1-3-5-4(2)6(8)7(9)10-5;7-3-1-2-5-4(8)6-3;;;/h2*4-7,9-11,15-16H,3H2,1-2H3,(H,12,14);4-7,9-10,15H,3H2,1-2H3,(H,12,14,16);4-5,7-8,10H,3,6H2,1-2H3,(H,12,14,15);7-8H,1-6H3;1-2,5-6,8,13-14H,3-4H2,(H2,10,11,15);4-9H,3H2,1-2H3;1-2H,(H2,5,6,7,8);;;/t2*6?,7-,9?,10-,11?;;7?,8-,10-;;5?,6-,8-;;;;;/m00.0.0...../s1. The molecule has 13 rings (SSSR count). The van der Waals surface area contributed by atoms with Crippen molar-refractivity contribution in [3.8, 4) is 11.9 Å². The van der Waals surface area contributed by atoms with E-state index in [-0.39, 0.29) is 234 Å². The van der Waals surface area contributed by atoms with Crippen LogP contribution in [0.3, 0.4) is 0 Å². The first-order valence-electron chi connectivity index (χ1n) is 38.9. The second-order valence-corrected chi connectivity index (χ2v) is 39.8. The average molecular weight is 2370 g/mol. The van der Waals surface area contributed by atoms with Gasteiger partial charge in [-0.15, -0.1) is 0 Å². The van der Waals surface area contributed by atoms with Gasteiger partial charge < -0.3 is 114 Å². The average Bonchev–Trinajstić information content (AvgIpc) is 1.64. The summed E-state index contributed by atoms with van der Waals surface area (Å²) in [6.45, 7) is 32.1. The predicted molar refractivity (Wildman–Crippen MR) is 427 cm³/mol. The third kappa shape index (κ3) is 32.5. The van der Waals surface area contributed by atoms with Crippen molar-refractivity contribution in [3.05, 3.63) is 159 Å². The summed E-state index contributed by atoms with van der Waals surface area (Å²) in [5, 5.41) is 90.9. The molecule has 41 nitrogen and oxygen atoms in total. The van der Waals surface area contributed by atoms with E-state index < -0.39 is 125 Å². The minimum absolute atomic E-state index is 0. The number of carbonyl (C=O) groups excluding carboxylic acids is 2. The van der Waals surface area contributed by atoms with Crippen LogP contribution in [0.2, 0.25) is 39.3 Å². The van der Waals surface area contributed by atoms with E-state index >= 15 is 0 Å². The van der Waals surface area contributed by atoms with Crippen LogP contribution in [0.1, 0.15) is 133 Å². The van der Waals surface area contributed by atoms with Crippen molar-refractivity contribution in [1.82, 2.24) is 69.0 Å². The van der Waals surface area contributed by atoms with Crippen LogP contribution in [-0.4, -0.2) is 238 Å². The van der Waals surface area contributed by atoms with Gasteiger partial charge in [-0.1, -0.05) is 69.2 Å². The molecule has 5 aromatic rings. The van der Waals surface area contributed by atoms with Crippen molar-refractivity contribution < 1.29 is 225 Å². The molecule has 5 aromatic heterocycles. The molecule has 6 fully saturated rings. The molecule has 120 heavy (non-hydrogen) atoms. The number of aliphatic hydroxyl groups is 9. The van der Waals surface area contributed by atoms with Gasteiger partial charge in [0.15, 0.2) is 25.0 Å². The molecule has 8 aliphatic rings. The summed E-state index contributed by atoms with van der Waals surface area (Å²) in [6, 6.07) is 7.49. The van der Waals surface area contributed by atoms with Crippen molar-refractivity contribution in [2.75, 3.05) is 12.3 Å². The van der Waals surface area contributed by atoms with E-state index in [0.29, 0.717) is 17.8 Å². The molecular formula is C74H119Ac3N15O26Si2. The van der Waals surface area contributed by atoms with E-state index in [1.54, 1.807) is 12.3 Å². The Labute approximate surface area is 802 Å². The van der Waals surface area contributed by atoms with Crippen LogP contribution in [0.25, 0.3) is 0 Å². The Bertz CT molecular complexity index is 4360. The molecule has 0 bridgehead atoms. The van der Waals surface area contributed by atoms with E-state index in [9.17, 15) is 78.9 Å². The van der Waals surface area contributed by atoms with Crippen molar-refractivity contribution >= 4 is 34.3 Å². The molecular weight excluding hydrogens is 2250 g/mol. The van der Waals surface area contributed by atoms with Crippen molar-refractivity contribution in [1.29, 1.82) is 0 Å². The summed E-state index contributed by atoms with van der Waals surface area (Å²) >= 11 is 0. The molecule has 24 atom stereocenters. The summed E-state index contributed by atoms with van der Waals surface area (Å²) in [6.07, 6.45) is 7.68. The largest absolute Gasteiger partial charge is 0.531 e. The van der Waals surface area contributed by atoms with Crippen molar-refractivity contribution in [3.63, 3.8) is 0 Å². The van der Waals surface area contributed by atoms with Crippen molar-refractivity contribution in [2.45, 2.75) is 271 Å². The number of hydrogen-bond acceptors (Lipinski definition) is 32. The fourth-order valence-electron chi connectivity index (χ4n) is 13.4. The van der Waals surface area contributed by atoms with Gasteiger partial charge in [0, 0.05) is 242 Å². The number of aromatic amines is 4. The van der Waals surface area contributed by atoms with Crippen LogP contribution in [0.5, 0.6) is 11.9 Å². The van der Waals surface area contributed by atoms with Gasteiger partial charge in [0.25, 0.3) is 16.7 Å². The SMILES string of the molecule is CCC1OC(O)C(O)C1C.CCC1OC(n2ccc(=O)[nH]c2=O)C(O)C1C.CC[C@@H]1O[C@H](N2C=CC(=O)NC2O)C(O)C1C.CC[C@@H]1O[C@H](N2C=CC(=O)NC2O)C(O)C1C.CC[C@@H]1O[C@H](n2ccc(=O)[nH]c2=O)CC1C.C[Si](C)(C)Oc1ccnc(O[Si](C)(C)C)n1.Nc1ccn([C@@H]2CC(O)[C@H](CO)O2)c(=O)n1.O=c1cc[nH]c(=O)[nH]1.[Ac].[Ac].[Ac]. The topological polar surface area (TPSA) is 583 Å². The number of H-pyrrole nitrogens is 4. The molecule has 2 amide bonds. The van der Waals surface area contributed by atoms with E-state index in [2.05, 4.69) is 93.7 Å². The smallest absolute Gasteiger partial charge is 0.351 e. The van der Waals surface area contributed by atoms with Gasteiger partial charge in [-0.25, -0.2) is 24.2 Å². The van der Waals surface area contributed by atoms with E-state index in [1.807, 2.05) is 60.4 Å². The number of amides is 2. The third-order valence-electron chi connectivity index (χ3n) is 19.9. The fraction of sp³-hybridized carbons (Fsp3) is 0.649. The summed E-state index contributed by atoms with van der Waals surface area (Å²) in [5.74, 6) is 0.493. The molecule has 6 saturated heterocycles. The maximum absolute atomic E-state index is 11.6. The minimum atomic E-state index is -1.65. The number of carbonyl (C=O) groups is 2. The zero-order chi connectivity index (χ0) is 87.2.